The number of aliphatic hydroxyl groups is 5. The van der Waals surface area contributed by atoms with Crippen LogP contribution in [0.2, 0.25) is 0 Å². The fourth-order valence-electron chi connectivity index (χ4n) is 9.29. The first kappa shape index (κ1) is 64.4. The maximum atomic E-state index is 13.0. The highest BCUT2D eigenvalue weighted by molar-refractivity contribution is 5.76. The zero-order valence-electron chi connectivity index (χ0n) is 44.4. The highest BCUT2D eigenvalue weighted by atomic mass is 16.7. The van der Waals surface area contributed by atoms with Gasteiger partial charge in [0, 0.05) is 6.42 Å². The molecule has 0 bridgehead atoms. The average Bonchev–Trinajstić information content (AvgIpc) is 3.34. The number of aliphatic hydroxyl groups excluding tert-OH is 5. The molecule has 1 saturated heterocycles. The van der Waals surface area contributed by atoms with E-state index >= 15 is 0 Å². The maximum Gasteiger partial charge on any atom is 0.220 e. The molecule has 7 atom stereocenters. The van der Waals surface area contributed by atoms with Crippen LogP contribution in [-0.2, 0) is 14.3 Å². The summed E-state index contributed by atoms with van der Waals surface area (Å²) >= 11 is 0. The summed E-state index contributed by atoms with van der Waals surface area (Å²) in [6, 6.07) is -0.826. The van der Waals surface area contributed by atoms with E-state index in [1.807, 2.05) is 6.08 Å². The van der Waals surface area contributed by atoms with Gasteiger partial charge in [-0.1, -0.05) is 249 Å². The Labute approximate surface area is 419 Å². The average molecular weight is 963 g/mol. The van der Waals surface area contributed by atoms with Crippen molar-refractivity contribution >= 4 is 5.91 Å². The molecule has 0 saturated carbocycles. The van der Waals surface area contributed by atoms with Crippen LogP contribution in [0.15, 0.2) is 36.5 Å². The Morgan fingerprint density at radius 2 is 0.838 bits per heavy atom. The van der Waals surface area contributed by atoms with E-state index in [0.29, 0.717) is 6.42 Å². The second kappa shape index (κ2) is 49.0. The summed E-state index contributed by atoms with van der Waals surface area (Å²) in [4.78, 5) is 13.0. The van der Waals surface area contributed by atoms with Crippen molar-refractivity contribution < 1.29 is 39.8 Å². The SMILES string of the molecule is CCCCCCCCC/C=C\CCCCCCCC(=O)NC(COC1OC(CO)C(O)C(O)C1O)C(O)/C=C/CC/C=C/CCCCCCCCCCCCCCCCCCCCCCCCC. The molecule has 0 aromatic carbocycles. The van der Waals surface area contributed by atoms with Crippen LogP contribution in [0, 0.1) is 0 Å². The van der Waals surface area contributed by atoms with Crippen molar-refractivity contribution in [3.05, 3.63) is 36.5 Å². The summed E-state index contributed by atoms with van der Waals surface area (Å²) in [6.45, 7) is 3.78. The number of hydrogen-bond donors (Lipinski definition) is 6. The van der Waals surface area contributed by atoms with Crippen LogP contribution in [0.3, 0.4) is 0 Å². The lowest BCUT2D eigenvalue weighted by atomic mass is 9.99. The fraction of sp³-hybridized carbons (Fsp3) is 0.881. The molecule has 0 spiro atoms. The first-order chi connectivity index (χ1) is 33.3. The Morgan fingerprint density at radius 3 is 1.24 bits per heavy atom. The first-order valence-corrected chi connectivity index (χ1v) is 29.2. The molecular weight excluding hydrogens is 851 g/mol. The number of amides is 1. The van der Waals surface area contributed by atoms with Gasteiger partial charge in [-0.15, -0.1) is 0 Å². The Kier molecular flexibility index (Phi) is 46.4. The third kappa shape index (κ3) is 38.1. The van der Waals surface area contributed by atoms with E-state index in [2.05, 4.69) is 43.5 Å². The molecule has 1 amide bonds. The number of unbranched alkanes of at least 4 members (excludes halogenated alkanes) is 36. The lowest BCUT2D eigenvalue weighted by Gasteiger charge is -2.40. The van der Waals surface area contributed by atoms with Crippen LogP contribution in [0.5, 0.6) is 0 Å². The molecule has 1 aliphatic heterocycles. The molecule has 1 heterocycles. The number of ether oxygens (including phenoxy) is 2. The highest BCUT2D eigenvalue weighted by Gasteiger charge is 2.44. The second-order valence-corrected chi connectivity index (χ2v) is 20.4. The molecule has 9 heteroatoms. The normalized spacial score (nSPS) is 19.8. The minimum absolute atomic E-state index is 0.193. The first-order valence-electron chi connectivity index (χ1n) is 29.2. The van der Waals surface area contributed by atoms with Gasteiger partial charge in [-0.3, -0.25) is 4.79 Å². The van der Waals surface area contributed by atoms with Gasteiger partial charge in [-0.05, 0) is 57.8 Å². The third-order valence-corrected chi connectivity index (χ3v) is 13.9. The molecule has 400 valence electrons. The van der Waals surface area contributed by atoms with Crippen molar-refractivity contribution in [2.45, 2.75) is 320 Å². The van der Waals surface area contributed by atoms with Crippen molar-refractivity contribution in [2.75, 3.05) is 13.2 Å². The van der Waals surface area contributed by atoms with Gasteiger partial charge in [0.05, 0.1) is 25.4 Å². The molecule has 1 fully saturated rings. The maximum absolute atomic E-state index is 13.0. The molecule has 7 unspecified atom stereocenters. The Morgan fingerprint density at radius 1 is 0.485 bits per heavy atom. The summed E-state index contributed by atoms with van der Waals surface area (Å²) in [5.41, 5.74) is 0. The summed E-state index contributed by atoms with van der Waals surface area (Å²) in [5, 5.41) is 54.4. The van der Waals surface area contributed by atoms with E-state index in [4.69, 9.17) is 9.47 Å². The van der Waals surface area contributed by atoms with Crippen LogP contribution >= 0.6 is 0 Å². The van der Waals surface area contributed by atoms with E-state index in [1.165, 1.54) is 199 Å². The van der Waals surface area contributed by atoms with Gasteiger partial charge in [0.2, 0.25) is 5.91 Å². The summed E-state index contributed by atoms with van der Waals surface area (Å²) in [6.07, 6.45) is 56.5. The second-order valence-electron chi connectivity index (χ2n) is 20.4. The number of hydrogen-bond acceptors (Lipinski definition) is 8. The fourth-order valence-corrected chi connectivity index (χ4v) is 9.29. The predicted molar refractivity (Wildman–Crippen MR) is 286 cm³/mol. The van der Waals surface area contributed by atoms with Crippen LogP contribution in [-0.4, -0.2) is 87.5 Å². The van der Waals surface area contributed by atoms with Gasteiger partial charge >= 0.3 is 0 Å². The number of rotatable bonds is 50. The molecular formula is C59H111NO8. The number of nitrogens with one attached hydrogen (secondary N) is 1. The molecule has 1 aliphatic rings. The third-order valence-electron chi connectivity index (χ3n) is 13.9. The van der Waals surface area contributed by atoms with Gasteiger partial charge < -0.3 is 40.3 Å². The summed E-state index contributed by atoms with van der Waals surface area (Å²) < 4.78 is 11.2. The van der Waals surface area contributed by atoms with E-state index in [9.17, 15) is 30.3 Å². The van der Waals surface area contributed by atoms with Crippen molar-refractivity contribution in [1.82, 2.24) is 5.32 Å². The molecule has 6 N–H and O–H groups in total. The topological polar surface area (TPSA) is 149 Å². The lowest BCUT2D eigenvalue weighted by molar-refractivity contribution is -0.302. The Hall–Kier alpha value is -1.59. The van der Waals surface area contributed by atoms with Crippen LogP contribution in [0.1, 0.15) is 277 Å². The number of allylic oxidation sites excluding steroid dienone is 5. The summed E-state index contributed by atoms with van der Waals surface area (Å²) in [5.74, 6) is -0.193. The van der Waals surface area contributed by atoms with E-state index < -0.39 is 49.5 Å². The zero-order valence-corrected chi connectivity index (χ0v) is 44.4. The lowest BCUT2D eigenvalue weighted by Crippen LogP contribution is -2.60. The number of carbonyl (C=O) groups is 1. The Balaban J connectivity index is 2.21. The molecule has 0 radical (unpaired) electrons. The van der Waals surface area contributed by atoms with E-state index in [1.54, 1.807) is 6.08 Å². The monoisotopic (exact) mass is 962 g/mol. The van der Waals surface area contributed by atoms with Gasteiger partial charge in [-0.25, -0.2) is 0 Å². The van der Waals surface area contributed by atoms with Crippen molar-refractivity contribution in [3.63, 3.8) is 0 Å². The highest BCUT2D eigenvalue weighted by Crippen LogP contribution is 2.23. The minimum Gasteiger partial charge on any atom is -0.394 e. The number of carbonyl (C=O) groups excluding carboxylic acids is 1. The molecule has 0 aromatic rings. The van der Waals surface area contributed by atoms with Gasteiger partial charge in [0.1, 0.15) is 24.4 Å². The van der Waals surface area contributed by atoms with E-state index in [0.717, 1.165) is 57.8 Å². The Bertz CT molecular complexity index is 1160. The van der Waals surface area contributed by atoms with Crippen molar-refractivity contribution in [2.24, 2.45) is 0 Å². The molecule has 68 heavy (non-hydrogen) atoms. The molecule has 9 nitrogen and oxygen atoms in total. The molecule has 0 aliphatic carbocycles. The summed E-state index contributed by atoms with van der Waals surface area (Å²) in [7, 11) is 0. The van der Waals surface area contributed by atoms with Crippen LogP contribution in [0.25, 0.3) is 0 Å². The largest absolute Gasteiger partial charge is 0.394 e. The molecule has 0 aromatic heterocycles. The van der Waals surface area contributed by atoms with Crippen LogP contribution < -0.4 is 5.32 Å². The van der Waals surface area contributed by atoms with Crippen LogP contribution in [0.4, 0.5) is 0 Å². The van der Waals surface area contributed by atoms with Gasteiger partial charge in [-0.2, -0.15) is 0 Å². The standard InChI is InChI=1S/C59H111NO8/c1-3-5-7-9-11-13-15-17-19-21-22-23-24-25-26-27-28-29-30-31-32-33-34-36-38-40-42-44-46-48-53(62)52(51-67-59-58(66)57(65)56(64)54(50-61)68-59)60-55(63)49-47-45-43-41-39-37-35-20-18-16-14-12-10-8-6-4-2/h20,35,38,40,46,48,52-54,56-59,61-62,64-66H,3-19,21-34,36-37,39,41-45,47,49-51H2,1-2H3,(H,60,63)/b35-20-,40-38+,48-46+. The predicted octanol–water partition coefficient (Wildman–Crippen LogP) is 14.4. The van der Waals surface area contributed by atoms with E-state index in [-0.39, 0.29) is 12.5 Å². The smallest absolute Gasteiger partial charge is 0.220 e. The van der Waals surface area contributed by atoms with Crippen molar-refractivity contribution in [3.8, 4) is 0 Å². The van der Waals surface area contributed by atoms with Gasteiger partial charge in [0.15, 0.2) is 6.29 Å². The molecule has 1 rings (SSSR count). The van der Waals surface area contributed by atoms with Gasteiger partial charge in [0.25, 0.3) is 0 Å². The zero-order chi connectivity index (χ0) is 49.4. The quantitative estimate of drug-likeness (QED) is 0.0261. The van der Waals surface area contributed by atoms with Crippen molar-refractivity contribution in [1.29, 1.82) is 0 Å². The minimum atomic E-state index is -1.57.